The quantitative estimate of drug-likeness (QED) is 0.358. The van der Waals surface area contributed by atoms with Crippen LogP contribution in [0.25, 0.3) is 0 Å². The van der Waals surface area contributed by atoms with Crippen molar-refractivity contribution < 1.29 is 26.7 Å². The molecule has 1 saturated heterocycles. The molecule has 2 atom stereocenters. The van der Waals surface area contributed by atoms with Crippen molar-refractivity contribution >= 4 is 28.9 Å². The highest BCUT2D eigenvalue weighted by atomic mass is 35.5. The molecular formula is C26H25ClF5N3O. The van der Waals surface area contributed by atoms with Crippen LogP contribution < -0.4 is 10.6 Å². The highest BCUT2D eigenvalue weighted by Crippen LogP contribution is 2.36. The van der Waals surface area contributed by atoms with Crippen molar-refractivity contribution in [2.75, 3.05) is 23.7 Å². The molecule has 2 aliphatic rings. The minimum absolute atomic E-state index is 0.106. The van der Waals surface area contributed by atoms with Gasteiger partial charge < -0.3 is 15.5 Å². The van der Waals surface area contributed by atoms with Crippen molar-refractivity contribution in [2.24, 2.45) is 5.92 Å². The summed E-state index contributed by atoms with van der Waals surface area (Å²) in [6, 6.07) is 7.04. The number of halogens is 6. The summed E-state index contributed by atoms with van der Waals surface area (Å²) in [5.74, 6) is -1.87. The number of nitrogens with two attached hydrogens (primary N) is 1. The molecular weight excluding hydrogens is 501 g/mol. The molecule has 0 spiro atoms. The molecule has 1 aliphatic carbocycles. The third-order valence-corrected chi connectivity index (χ3v) is 6.97. The maximum atomic E-state index is 13.7. The Morgan fingerprint density at radius 1 is 1.17 bits per heavy atom. The summed E-state index contributed by atoms with van der Waals surface area (Å²) >= 11 is 6.21. The monoisotopic (exact) mass is 525 g/mol. The van der Waals surface area contributed by atoms with Crippen LogP contribution >= 0.6 is 11.6 Å². The number of nitrogen functional groups attached to an aromatic ring is 1. The van der Waals surface area contributed by atoms with Gasteiger partial charge in [-0.3, -0.25) is 4.79 Å². The van der Waals surface area contributed by atoms with E-state index in [9.17, 15) is 26.7 Å². The van der Waals surface area contributed by atoms with E-state index in [4.69, 9.17) is 17.3 Å². The number of anilines is 2. The van der Waals surface area contributed by atoms with Gasteiger partial charge in [-0.05, 0) is 54.8 Å². The van der Waals surface area contributed by atoms with Crippen LogP contribution in [0.5, 0.6) is 0 Å². The first-order valence-corrected chi connectivity index (χ1v) is 11.8. The Morgan fingerprint density at radius 2 is 1.92 bits per heavy atom. The molecule has 1 heterocycles. The number of hydrogen-bond donors (Lipinski definition) is 1. The molecule has 192 valence electrons. The van der Waals surface area contributed by atoms with Crippen LogP contribution in [0.15, 0.2) is 60.0 Å². The Balaban J connectivity index is 1.64. The molecule has 1 amide bonds. The van der Waals surface area contributed by atoms with Crippen LogP contribution in [0.4, 0.5) is 33.3 Å². The number of hydrogen-bond acceptors (Lipinski definition) is 3. The lowest BCUT2D eigenvalue weighted by atomic mass is 9.94. The number of allylic oxidation sites excluding steroid dienone is 3. The summed E-state index contributed by atoms with van der Waals surface area (Å²) in [7, 11) is 0. The average Bonchev–Trinajstić information content (AvgIpc) is 3.31. The van der Waals surface area contributed by atoms with E-state index >= 15 is 0 Å². The maximum Gasteiger partial charge on any atom is 0.416 e. The number of nitrogens with zero attached hydrogens (tertiary/aromatic N) is 2. The van der Waals surface area contributed by atoms with Gasteiger partial charge in [0, 0.05) is 42.9 Å². The Bertz CT molecular complexity index is 1230. The van der Waals surface area contributed by atoms with E-state index in [1.807, 2.05) is 0 Å². The molecule has 10 heteroatoms. The predicted molar refractivity (Wildman–Crippen MR) is 129 cm³/mol. The van der Waals surface area contributed by atoms with Crippen LogP contribution in [0, 0.1) is 11.7 Å². The summed E-state index contributed by atoms with van der Waals surface area (Å²) in [5.41, 5.74) is 6.00. The fourth-order valence-electron chi connectivity index (χ4n) is 4.64. The number of rotatable bonds is 5. The number of carbonyl (C=O) groups is 1. The zero-order valence-corrected chi connectivity index (χ0v) is 20.2. The first-order valence-electron chi connectivity index (χ1n) is 11.5. The van der Waals surface area contributed by atoms with E-state index in [1.165, 1.54) is 12.2 Å². The first kappa shape index (κ1) is 26.0. The Labute approximate surface area is 210 Å². The summed E-state index contributed by atoms with van der Waals surface area (Å²) in [6.07, 6.45) is -1.19. The Kier molecular flexibility index (Phi) is 7.31. The van der Waals surface area contributed by atoms with Crippen molar-refractivity contribution in [3.63, 3.8) is 0 Å². The van der Waals surface area contributed by atoms with Gasteiger partial charge in [-0.15, -0.1) is 0 Å². The van der Waals surface area contributed by atoms with Crippen LogP contribution in [0.2, 0.25) is 5.02 Å². The predicted octanol–water partition coefficient (Wildman–Crippen LogP) is 6.51. The van der Waals surface area contributed by atoms with Gasteiger partial charge >= 0.3 is 6.18 Å². The van der Waals surface area contributed by atoms with Crippen LogP contribution in [0.3, 0.4) is 0 Å². The molecule has 0 radical (unpaired) electrons. The normalized spacial score (nSPS) is 20.2. The van der Waals surface area contributed by atoms with Crippen molar-refractivity contribution in [1.82, 2.24) is 4.90 Å². The standard InChI is InChI=1S/C26H25ClF5N3O/c1-15-10-16(3-6-23(15)29)25(36)34-9-8-20(14-34)35(19-5-7-24(33)22(27)12-19)13-17-2-4-18(28)11-21(17)26(30,31)32/h2-7,11-12,15,20H,8-10,13-14,33H2,1H3/t15?,20-/m0/s1. The van der Waals surface area contributed by atoms with Gasteiger partial charge in [0.25, 0.3) is 0 Å². The second-order valence-electron chi connectivity index (χ2n) is 9.18. The third kappa shape index (κ3) is 5.51. The second-order valence-corrected chi connectivity index (χ2v) is 9.58. The van der Waals surface area contributed by atoms with Gasteiger partial charge in [0.1, 0.15) is 11.6 Å². The molecule has 4 nitrogen and oxygen atoms in total. The van der Waals surface area contributed by atoms with Gasteiger partial charge in [0.15, 0.2) is 0 Å². The Hall–Kier alpha value is -3.07. The molecule has 2 aromatic rings. The van der Waals surface area contributed by atoms with E-state index in [0.717, 1.165) is 12.1 Å². The molecule has 0 aromatic heterocycles. The summed E-state index contributed by atoms with van der Waals surface area (Å²) in [5, 5.41) is 0.244. The second kappa shape index (κ2) is 10.1. The van der Waals surface area contributed by atoms with Crippen LogP contribution in [-0.4, -0.2) is 29.9 Å². The van der Waals surface area contributed by atoms with E-state index in [-0.39, 0.29) is 53.8 Å². The zero-order chi connectivity index (χ0) is 26.2. The summed E-state index contributed by atoms with van der Waals surface area (Å²) in [4.78, 5) is 16.5. The zero-order valence-electron chi connectivity index (χ0n) is 19.5. The number of carbonyl (C=O) groups excluding carboxylic acids is 1. The first-order chi connectivity index (χ1) is 16.9. The lowest BCUT2D eigenvalue weighted by Crippen LogP contribution is -2.39. The molecule has 4 rings (SSSR count). The van der Waals surface area contributed by atoms with E-state index < -0.39 is 17.6 Å². The number of benzene rings is 2. The van der Waals surface area contributed by atoms with E-state index in [2.05, 4.69) is 0 Å². The van der Waals surface area contributed by atoms with Crippen molar-refractivity contribution in [3.05, 3.63) is 81.9 Å². The molecule has 2 N–H and O–H groups in total. The van der Waals surface area contributed by atoms with Gasteiger partial charge in [-0.2, -0.15) is 13.2 Å². The minimum atomic E-state index is -4.74. The molecule has 1 unspecified atom stereocenters. The fraction of sp³-hybridized carbons (Fsp3) is 0.346. The van der Waals surface area contributed by atoms with Crippen LogP contribution in [-0.2, 0) is 17.5 Å². The van der Waals surface area contributed by atoms with Crippen molar-refractivity contribution in [3.8, 4) is 0 Å². The lowest BCUT2D eigenvalue weighted by Gasteiger charge is -2.33. The average molecular weight is 526 g/mol. The summed E-state index contributed by atoms with van der Waals surface area (Å²) < 4.78 is 68.5. The SMILES string of the molecule is CC1CC(C(=O)N2CC[C@H](N(Cc3ccc(F)cc3C(F)(F)F)c3ccc(N)c(Cl)c3)C2)=CC=C1F. The lowest BCUT2D eigenvalue weighted by molar-refractivity contribution is -0.138. The van der Waals surface area contributed by atoms with Gasteiger partial charge in [-0.25, -0.2) is 8.78 Å². The third-order valence-electron chi connectivity index (χ3n) is 6.64. The van der Waals surface area contributed by atoms with Crippen molar-refractivity contribution in [1.29, 1.82) is 0 Å². The molecule has 2 aromatic carbocycles. The number of amides is 1. The molecule has 1 fully saturated rings. The Morgan fingerprint density at radius 3 is 2.58 bits per heavy atom. The summed E-state index contributed by atoms with van der Waals surface area (Å²) in [6.45, 7) is 2.15. The molecule has 0 bridgehead atoms. The topological polar surface area (TPSA) is 49.6 Å². The number of likely N-dealkylation sites (tertiary alicyclic amines) is 1. The highest BCUT2D eigenvalue weighted by molar-refractivity contribution is 6.33. The fourth-order valence-corrected chi connectivity index (χ4v) is 4.82. The molecule has 36 heavy (non-hydrogen) atoms. The maximum absolute atomic E-state index is 13.7. The highest BCUT2D eigenvalue weighted by Gasteiger charge is 2.37. The van der Waals surface area contributed by atoms with Gasteiger partial charge in [-0.1, -0.05) is 30.7 Å². The van der Waals surface area contributed by atoms with Gasteiger partial charge in [0.2, 0.25) is 5.91 Å². The number of alkyl halides is 3. The minimum Gasteiger partial charge on any atom is -0.398 e. The van der Waals surface area contributed by atoms with Crippen LogP contribution in [0.1, 0.15) is 30.9 Å². The smallest absolute Gasteiger partial charge is 0.398 e. The van der Waals surface area contributed by atoms with Gasteiger partial charge in [0.05, 0.1) is 16.3 Å². The van der Waals surface area contributed by atoms with E-state index in [1.54, 1.807) is 34.9 Å². The molecule has 0 saturated carbocycles. The van der Waals surface area contributed by atoms with Crippen molar-refractivity contribution in [2.45, 2.75) is 38.5 Å². The molecule has 1 aliphatic heterocycles. The largest absolute Gasteiger partial charge is 0.416 e. The van der Waals surface area contributed by atoms with E-state index in [0.29, 0.717) is 36.0 Å².